The van der Waals surface area contributed by atoms with Crippen LogP contribution in [0.3, 0.4) is 0 Å². The number of nitrogens with zero attached hydrogens (tertiary/aromatic N) is 3. The second kappa shape index (κ2) is 9.14. The minimum absolute atomic E-state index is 0.451. The first-order valence-corrected chi connectivity index (χ1v) is 10.1. The molecule has 3 aromatic carbocycles. The summed E-state index contributed by atoms with van der Waals surface area (Å²) in [6.45, 7) is 0.520. The van der Waals surface area contributed by atoms with Gasteiger partial charge in [0.05, 0.1) is 0 Å². The Bertz CT molecular complexity index is 1270. The van der Waals surface area contributed by atoms with E-state index in [1.54, 1.807) is 24.5 Å². The molecule has 0 unspecified atom stereocenters. The van der Waals surface area contributed by atoms with E-state index in [9.17, 15) is 0 Å². The Labute approximate surface area is 185 Å². The van der Waals surface area contributed by atoms with Crippen molar-refractivity contribution in [2.24, 2.45) is 0 Å². The van der Waals surface area contributed by atoms with Gasteiger partial charge in [0, 0.05) is 23.5 Å². The Balaban J connectivity index is 1.24. The second-order valence-electron chi connectivity index (χ2n) is 7.03. The molecule has 6 nitrogen and oxygen atoms in total. The van der Waals surface area contributed by atoms with Crippen molar-refractivity contribution in [3.63, 3.8) is 0 Å². The number of hydrogen-bond donors (Lipinski definition) is 0. The van der Waals surface area contributed by atoms with E-state index >= 15 is 0 Å². The van der Waals surface area contributed by atoms with Gasteiger partial charge in [0.15, 0.2) is 0 Å². The summed E-state index contributed by atoms with van der Waals surface area (Å²) in [4.78, 5) is 8.50. The molecule has 0 spiro atoms. The number of aromatic nitrogens is 3. The van der Waals surface area contributed by atoms with E-state index in [-0.39, 0.29) is 0 Å². The zero-order valence-corrected chi connectivity index (χ0v) is 17.1. The molecule has 0 atom stereocenters. The van der Waals surface area contributed by atoms with Crippen LogP contribution in [-0.2, 0) is 6.61 Å². The Morgan fingerprint density at radius 2 is 1.31 bits per heavy atom. The van der Waals surface area contributed by atoms with Crippen LogP contribution < -0.4 is 9.47 Å². The molecule has 2 heterocycles. The van der Waals surface area contributed by atoms with Gasteiger partial charge in [-0.25, -0.2) is 0 Å². The van der Waals surface area contributed by atoms with Gasteiger partial charge in [-0.15, -0.1) is 0 Å². The van der Waals surface area contributed by atoms with Gasteiger partial charge in [-0.05, 0) is 66.2 Å². The highest BCUT2D eigenvalue weighted by Crippen LogP contribution is 2.27. The molecular weight excluding hydrogens is 402 g/mol. The summed E-state index contributed by atoms with van der Waals surface area (Å²) in [5.74, 6) is 3.19. The van der Waals surface area contributed by atoms with Crippen LogP contribution >= 0.6 is 0 Å². The summed E-state index contributed by atoms with van der Waals surface area (Å²) >= 11 is 0. The van der Waals surface area contributed by atoms with Gasteiger partial charge >= 0.3 is 0 Å². The van der Waals surface area contributed by atoms with Crippen LogP contribution in [0.1, 0.15) is 5.56 Å². The molecule has 0 N–H and O–H groups in total. The van der Waals surface area contributed by atoms with Crippen LogP contribution in [0.4, 0.5) is 0 Å². The molecule has 0 saturated carbocycles. The van der Waals surface area contributed by atoms with Crippen LogP contribution in [0.2, 0.25) is 0 Å². The number of pyridine rings is 1. The molecule has 0 saturated heterocycles. The van der Waals surface area contributed by atoms with Crippen molar-refractivity contribution >= 4 is 0 Å². The van der Waals surface area contributed by atoms with Crippen molar-refractivity contribution in [1.29, 1.82) is 0 Å². The van der Waals surface area contributed by atoms with Crippen LogP contribution in [-0.4, -0.2) is 15.1 Å². The third kappa shape index (κ3) is 4.65. The monoisotopic (exact) mass is 421 g/mol. The fourth-order valence-electron chi connectivity index (χ4n) is 3.11. The average Bonchev–Trinajstić information content (AvgIpc) is 3.35. The fraction of sp³-hybridized carbons (Fsp3) is 0.0385. The van der Waals surface area contributed by atoms with Crippen molar-refractivity contribution < 1.29 is 14.0 Å². The molecule has 5 rings (SSSR count). The van der Waals surface area contributed by atoms with E-state index in [0.29, 0.717) is 18.3 Å². The predicted octanol–water partition coefficient (Wildman–Crippen LogP) is 6.17. The van der Waals surface area contributed by atoms with E-state index in [0.717, 1.165) is 33.9 Å². The summed E-state index contributed by atoms with van der Waals surface area (Å²) < 4.78 is 17.1. The van der Waals surface area contributed by atoms with Gasteiger partial charge in [0.25, 0.3) is 5.89 Å². The zero-order chi connectivity index (χ0) is 21.6. The van der Waals surface area contributed by atoms with Gasteiger partial charge in [-0.2, -0.15) is 4.98 Å². The Kier molecular flexibility index (Phi) is 5.57. The van der Waals surface area contributed by atoms with E-state index in [1.165, 1.54) is 0 Å². The normalized spacial score (nSPS) is 10.6. The van der Waals surface area contributed by atoms with Gasteiger partial charge in [-0.3, -0.25) is 4.98 Å². The molecule has 0 bridgehead atoms. The third-order valence-corrected chi connectivity index (χ3v) is 4.77. The largest absolute Gasteiger partial charge is 0.489 e. The first-order chi connectivity index (χ1) is 15.8. The van der Waals surface area contributed by atoms with Gasteiger partial charge in [-0.1, -0.05) is 35.5 Å². The van der Waals surface area contributed by atoms with Crippen molar-refractivity contribution in [2.75, 3.05) is 0 Å². The first-order valence-electron chi connectivity index (χ1n) is 10.1. The maximum atomic E-state index is 5.83. The van der Waals surface area contributed by atoms with Crippen molar-refractivity contribution in [3.05, 3.63) is 109 Å². The summed E-state index contributed by atoms with van der Waals surface area (Å²) in [7, 11) is 0. The van der Waals surface area contributed by atoms with E-state index in [1.807, 2.05) is 78.9 Å². The van der Waals surface area contributed by atoms with Gasteiger partial charge < -0.3 is 14.0 Å². The van der Waals surface area contributed by atoms with E-state index < -0.39 is 0 Å². The summed E-state index contributed by atoms with van der Waals surface area (Å²) in [5.41, 5.74) is 2.79. The highest BCUT2D eigenvalue weighted by atomic mass is 16.5. The summed E-state index contributed by atoms with van der Waals surface area (Å²) in [6, 6.07) is 28.8. The van der Waals surface area contributed by atoms with Crippen molar-refractivity contribution in [2.45, 2.75) is 6.61 Å². The average molecular weight is 421 g/mol. The lowest BCUT2D eigenvalue weighted by Crippen LogP contribution is -1.94. The van der Waals surface area contributed by atoms with Crippen molar-refractivity contribution in [1.82, 2.24) is 15.1 Å². The molecule has 0 amide bonds. The summed E-state index contributed by atoms with van der Waals surface area (Å²) in [5, 5.41) is 4.11. The van der Waals surface area contributed by atoms with Crippen LogP contribution in [0.5, 0.6) is 17.2 Å². The lowest BCUT2D eigenvalue weighted by atomic mass is 10.2. The molecule has 32 heavy (non-hydrogen) atoms. The molecule has 0 radical (unpaired) electrons. The van der Waals surface area contributed by atoms with Crippen LogP contribution in [0, 0.1) is 0 Å². The lowest BCUT2D eigenvalue weighted by Gasteiger charge is -2.06. The molecule has 6 heteroatoms. The number of benzene rings is 3. The Hall–Kier alpha value is -4.45. The SMILES string of the molecule is c1ccc(COc2ccc(-c3nc(-c4ccc(Oc5ccncc5)cc4)no3)cc2)cc1. The highest BCUT2D eigenvalue weighted by molar-refractivity contribution is 5.61. The third-order valence-electron chi connectivity index (χ3n) is 4.77. The maximum absolute atomic E-state index is 5.83. The molecule has 0 aliphatic rings. The molecule has 0 aliphatic carbocycles. The minimum atomic E-state index is 0.451. The van der Waals surface area contributed by atoms with Gasteiger partial charge in [0.2, 0.25) is 5.82 Å². The standard InChI is InChI=1S/C26H19N3O3/c1-2-4-19(5-3-1)18-30-22-10-8-21(9-11-22)26-28-25(29-32-26)20-6-12-23(13-7-20)31-24-14-16-27-17-15-24/h1-17H,18H2. The molecule has 2 aromatic heterocycles. The van der Waals surface area contributed by atoms with Crippen LogP contribution in [0.15, 0.2) is 108 Å². The molecule has 156 valence electrons. The summed E-state index contributed by atoms with van der Waals surface area (Å²) in [6.07, 6.45) is 3.37. The fourth-order valence-corrected chi connectivity index (χ4v) is 3.11. The van der Waals surface area contributed by atoms with Gasteiger partial charge in [0.1, 0.15) is 23.9 Å². The highest BCUT2D eigenvalue weighted by Gasteiger charge is 2.11. The Morgan fingerprint density at radius 1 is 0.656 bits per heavy atom. The Morgan fingerprint density at radius 3 is 2.06 bits per heavy atom. The second-order valence-corrected chi connectivity index (χ2v) is 7.03. The molecule has 5 aromatic rings. The van der Waals surface area contributed by atoms with Crippen molar-refractivity contribution in [3.8, 4) is 40.1 Å². The molecule has 0 aliphatic heterocycles. The van der Waals surface area contributed by atoms with Crippen LogP contribution in [0.25, 0.3) is 22.8 Å². The molecule has 0 fully saturated rings. The number of hydrogen-bond acceptors (Lipinski definition) is 6. The predicted molar refractivity (Wildman–Crippen MR) is 120 cm³/mol. The van der Waals surface area contributed by atoms with E-state index in [2.05, 4.69) is 15.1 Å². The maximum Gasteiger partial charge on any atom is 0.258 e. The first kappa shape index (κ1) is 19.5. The van der Waals surface area contributed by atoms with E-state index in [4.69, 9.17) is 14.0 Å². The smallest absolute Gasteiger partial charge is 0.258 e. The quantitative estimate of drug-likeness (QED) is 0.313. The number of rotatable bonds is 7. The topological polar surface area (TPSA) is 70.3 Å². The molecular formula is C26H19N3O3. The number of ether oxygens (including phenoxy) is 2. The minimum Gasteiger partial charge on any atom is -0.489 e. The lowest BCUT2D eigenvalue weighted by molar-refractivity contribution is 0.306. The zero-order valence-electron chi connectivity index (χ0n) is 17.1.